The number of alkyl halides is 3. The van der Waals surface area contributed by atoms with E-state index < -0.39 is 17.6 Å². The minimum atomic E-state index is -4.57. The summed E-state index contributed by atoms with van der Waals surface area (Å²) in [7, 11) is 0. The summed E-state index contributed by atoms with van der Waals surface area (Å²) in [5, 5.41) is 2.55. The van der Waals surface area contributed by atoms with Crippen LogP contribution in [0.15, 0.2) is 48.5 Å². The van der Waals surface area contributed by atoms with Crippen molar-refractivity contribution in [1.29, 1.82) is 0 Å². The van der Waals surface area contributed by atoms with Gasteiger partial charge >= 0.3 is 6.18 Å². The van der Waals surface area contributed by atoms with E-state index in [-0.39, 0.29) is 12.1 Å². The van der Waals surface area contributed by atoms with Crippen molar-refractivity contribution in [3.8, 4) is 0 Å². The Morgan fingerprint density at radius 3 is 2.33 bits per heavy atom. The number of benzene rings is 2. The van der Waals surface area contributed by atoms with E-state index in [1.807, 2.05) is 25.1 Å². The molecule has 0 spiro atoms. The van der Waals surface area contributed by atoms with Crippen molar-refractivity contribution in [1.82, 2.24) is 5.32 Å². The summed E-state index contributed by atoms with van der Waals surface area (Å²) in [5.74, 6) is -0.755. The molecule has 0 radical (unpaired) electrons. The molecule has 2 aromatic rings. The first-order valence-electron chi connectivity index (χ1n) is 7.52. The number of hydrogen-bond acceptors (Lipinski definition) is 2. The van der Waals surface area contributed by atoms with Gasteiger partial charge in [0.25, 0.3) is 5.91 Å². The Morgan fingerprint density at radius 2 is 1.67 bits per heavy atom. The van der Waals surface area contributed by atoms with E-state index in [4.69, 9.17) is 4.74 Å². The van der Waals surface area contributed by atoms with Gasteiger partial charge in [0.1, 0.15) is 0 Å². The lowest BCUT2D eigenvalue weighted by Gasteiger charge is -2.14. The lowest BCUT2D eigenvalue weighted by Crippen LogP contribution is -2.26. The average Bonchev–Trinajstić information content (AvgIpc) is 2.57. The molecule has 1 N–H and O–H groups in total. The van der Waals surface area contributed by atoms with Gasteiger partial charge in [-0.3, -0.25) is 4.79 Å². The average molecular weight is 337 g/mol. The Hall–Kier alpha value is -2.34. The van der Waals surface area contributed by atoms with E-state index in [1.165, 1.54) is 18.2 Å². The van der Waals surface area contributed by atoms with Gasteiger partial charge in [0.2, 0.25) is 0 Å². The normalized spacial score (nSPS) is 11.3. The molecule has 0 aliphatic carbocycles. The van der Waals surface area contributed by atoms with Gasteiger partial charge in [-0.2, -0.15) is 13.2 Å². The third kappa shape index (κ3) is 4.58. The lowest BCUT2D eigenvalue weighted by molar-refractivity contribution is -0.137. The molecule has 0 bridgehead atoms. The highest BCUT2D eigenvalue weighted by molar-refractivity contribution is 5.95. The van der Waals surface area contributed by atoms with E-state index in [2.05, 4.69) is 5.32 Å². The predicted molar refractivity (Wildman–Crippen MR) is 84.4 cm³/mol. The number of rotatable bonds is 6. The molecule has 128 valence electrons. The first kappa shape index (κ1) is 18.0. The van der Waals surface area contributed by atoms with Crippen LogP contribution in [0.3, 0.4) is 0 Å². The molecular weight excluding hydrogens is 319 g/mol. The van der Waals surface area contributed by atoms with Gasteiger partial charge in [-0.25, -0.2) is 0 Å². The van der Waals surface area contributed by atoms with Gasteiger partial charge in [0.15, 0.2) is 0 Å². The van der Waals surface area contributed by atoms with Gasteiger partial charge in [0, 0.05) is 13.2 Å². The summed E-state index contributed by atoms with van der Waals surface area (Å²) in [6.45, 7) is 2.95. The lowest BCUT2D eigenvalue weighted by atomic mass is 10.1. The van der Waals surface area contributed by atoms with Crippen LogP contribution < -0.4 is 5.32 Å². The fourth-order valence-corrected chi connectivity index (χ4v) is 2.28. The van der Waals surface area contributed by atoms with E-state index >= 15 is 0 Å². The van der Waals surface area contributed by atoms with Crippen LogP contribution >= 0.6 is 0 Å². The fraction of sp³-hybridized carbons (Fsp3) is 0.278. The van der Waals surface area contributed by atoms with Crippen molar-refractivity contribution >= 4 is 5.91 Å². The summed E-state index contributed by atoms with van der Waals surface area (Å²) in [5.41, 5.74) is 0.380. The van der Waals surface area contributed by atoms with Crippen molar-refractivity contribution in [2.75, 3.05) is 6.61 Å². The van der Waals surface area contributed by atoms with Crippen LogP contribution in [-0.2, 0) is 24.1 Å². The Balaban J connectivity index is 2.13. The minimum absolute atomic E-state index is 0.133. The largest absolute Gasteiger partial charge is 0.417 e. The smallest absolute Gasteiger partial charge is 0.377 e. The SMILES string of the molecule is CCOCc1ccccc1CNC(=O)c1ccccc1C(F)(F)F. The quantitative estimate of drug-likeness (QED) is 0.859. The van der Waals surface area contributed by atoms with Crippen LogP contribution in [0.2, 0.25) is 0 Å². The molecule has 3 nitrogen and oxygen atoms in total. The number of carbonyl (C=O) groups is 1. The molecule has 2 aromatic carbocycles. The highest BCUT2D eigenvalue weighted by Crippen LogP contribution is 2.31. The molecule has 6 heteroatoms. The molecule has 0 unspecified atom stereocenters. The predicted octanol–water partition coefficient (Wildman–Crippen LogP) is 4.17. The maximum atomic E-state index is 13.0. The Bertz CT molecular complexity index is 699. The zero-order valence-electron chi connectivity index (χ0n) is 13.2. The van der Waals surface area contributed by atoms with Crippen LogP contribution in [0.1, 0.15) is 34.0 Å². The highest BCUT2D eigenvalue weighted by atomic mass is 19.4. The third-order valence-electron chi connectivity index (χ3n) is 3.50. The minimum Gasteiger partial charge on any atom is -0.377 e. The van der Waals surface area contributed by atoms with Crippen LogP contribution in [0.25, 0.3) is 0 Å². The molecule has 2 rings (SSSR count). The van der Waals surface area contributed by atoms with Crippen LogP contribution in [0.4, 0.5) is 13.2 Å². The molecule has 24 heavy (non-hydrogen) atoms. The second-order valence-electron chi connectivity index (χ2n) is 5.13. The van der Waals surface area contributed by atoms with Gasteiger partial charge in [-0.1, -0.05) is 36.4 Å². The number of carbonyl (C=O) groups excluding carboxylic acids is 1. The van der Waals surface area contributed by atoms with Gasteiger partial charge < -0.3 is 10.1 Å². The van der Waals surface area contributed by atoms with Crippen molar-refractivity contribution in [2.24, 2.45) is 0 Å². The Kier molecular flexibility index (Phi) is 5.98. The fourth-order valence-electron chi connectivity index (χ4n) is 2.28. The van der Waals surface area contributed by atoms with E-state index in [9.17, 15) is 18.0 Å². The number of hydrogen-bond donors (Lipinski definition) is 1. The van der Waals surface area contributed by atoms with Gasteiger partial charge in [-0.15, -0.1) is 0 Å². The third-order valence-corrected chi connectivity index (χ3v) is 3.50. The standard InChI is InChI=1S/C18H18F3NO2/c1-2-24-12-14-8-4-3-7-13(14)11-22-17(23)15-9-5-6-10-16(15)18(19,20)21/h3-10H,2,11-12H2,1H3,(H,22,23). The summed E-state index contributed by atoms with van der Waals surface area (Å²) < 4.78 is 44.3. The summed E-state index contributed by atoms with van der Waals surface area (Å²) in [6.07, 6.45) is -4.57. The molecule has 0 aliphatic heterocycles. The highest BCUT2D eigenvalue weighted by Gasteiger charge is 2.34. The van der Waals surface area contributed by atoms with Gasteiger partial charge in [-0.05, 0) is 30.2 Å². The number of nitrogens with one attached hydrogen (secondary N) is 1. The zero-order chi connectivity index (χ0) is 17.6. The van der Waals surface area contributed by atoms with Gasteiger partial charge in [0.05, 0.1) is 17.7 Å². The summed E-state index contributed by atoms with van der Waals surface area (Å²) >= 11 is 0. The van der Waals surface area contributed by atoms with Crippen LogP contribution in [-0.4, -0.2) is 12.5 Å². The molecule has 0 aliphatic rings. The molecule has 0 atom stereocenters. The van der Waals surface area contributed by atoms with E-state index in [1.54, 1.807) is 6.07 Å². The molecule has 0 aromatic heterocycles. The Morgan fingerprint density at radius 1 is 1.04 bits per heavy atom. The van der Waals surface area contributed by atoms with E-state index in [0.29, 0.717) is 13.2 Å². The summed E-state index contributed by atoms with van der Waals surface area (Å²) in [4.78, 5) is 12.2. The van der Waals surface area contributed by atoms with Crippen molar-refractivity contribution < 1.29 is 22.7 Å². The maximum absolute atomic E-state index is 13.0. The molecule has 0 saturated heterocycles. The first-order valence-corrected chi connectivity index (χ1v) is 7.52. The zero-order valence-corrected chi connectivity index (χ0v) is 13.2. The number of amides is 1. The topological polar surface area (TPSA) is 38.3 Å². The molecular formula is C18H18F3NO2. The van der Waals surface area contributed by atoms with E-state index in [0.717, 1.165) is 17.2 Å². The number of ether oxygens (including phenoxy) is 1. The van der Waals surface area contributed by atoms with Crippen molar-refractivity contribution in [3.05, 3.63) is 70.8 Å². The van der Waals surface area contributed by atoms with Crippen LogP contribution in [0, 0.1) is 0 Å². The van der Waals surface area contributed by atoms with Crippen LogP contribution in [0.5, 0.6) is 0 Å². The summed E-state index contributed by atoms with van der Waals surface area (Å²) in [6, 6.07) is 12.1. The van der Waals surface area contributed by atoms with Crippen molar-refractivity contribution in [3.63, 3.8) is 0 Å². The molecule has 1 amide bonds. The number of halogens is 3. The second kappa shape index (κ2) is 7.97. The molecule has 0 heterocycles. The Labute approximate surface area is 138 Å². The monoisotopic (exact) mass is 337 g/mol. The first-order chi connectivity index (χ1) is 11.4. The second-order valence-corrected chi connectivity index (χ2v) is 5.13. The molecule has 0 fully saturated rings. The maximum Gasteiger partial charge on any atom is 0.417 e. The molecule has 0 saturated carbocycles. The van der Waals surface area contributed by atoms with Crippen molar-refractivity contribution in [2.45, 2.75) is 26.3 Å².